The normalized spacial score (nSPS) is 24.7. The summed E-state index contributed by atoms with van der Waals surface area (Å²) >= 11 is 0. The fourth-order valence-corrected chi connectivity index (χ4v) is 5.60. The average molecular weight is 459 g/mol. The molecule has 1 saturated heterocycles. The second-order valence-corrected chi connectivity index (χ2v) is 10.3. The van der Waals surface area contributed by atoms with Gasteiger partial charge in [-0.05, 0) is 76.4 Å². The first-order valence-electron chi connectivity index (χ1n) is 13.5. The van der Waals surface area contributed by atoms with Crippen molar-refractivity contribution >= 4 is 17.6 Å². The third kappa shape index (κ3) is 8.26. The van der Waals surface area contributed by atoms with E-state index in [4.69, 9.17) is 10.7 Å². The molecule has 186 valence electrons. The fourth-order valence-electron chi connectivity index (χ4n) is 5.60. The van der Waals surface area contributed by atoms with E-state index in [1.165, 1.54) is 77.3 Å². The summed E-state index contributed by atoms with van der Waals surface area (Å²) in [5, 5.41) is 14.3. The summed E-state index contributed by atoms with van der Waals surface area (Å²) in [7, 11) is 0. The van der Waals surface area contributed by atoms with Crippen LogP contribution in [0.2, 0.25) is 0 Å². The number of nitrogens with zero attached hydrogens (tertiary/aromatic N) is 3. The lowest BCUT2D eigenvalue weighted by Gasteiger charge is -2.30. The molecule has 2 aliphatic carbocycles. The van der Waals surface area contributed by atoms with Crippen LogP contribution in [0.25, 0.3) is 0 Å². The lowest BCUT2D eigenvalue weighted by Crippen LogP contribution is -2.44. The van der Waals surface area contributed by atoms with Crippen molar-refractivity contribution < 1.29 is 0 Å². The highest BCUT2D eigenvalue weighted by Crippen LogP contribution is 2.28. The zero-order chi connectivity index (χ0) is 22.7. The topological polar surface area (TPSA) is 103 Å². The van der Waals surface area contributed by atoms with Crippen LogP contribution in [0.4, 0.5) is 17.6 Å². The van der Waals surface area contributed by atoms with Gasteiger partial charge in [0.25, 0.3) is 0 Å². The molecule has 0 unspecified atom stereocenters. The Bertz CT molecular complexity index is 679. The molecule has 6 N–H and O–H groups in total. The van der Waals surface area contributed by atoms with Crippen molar-refractivity contribution in [1.82, 2.24) is 25.9 Å². The molecular weight excluding hydrogens is 412 g/mol. The number of anilines is 3. The molecule has 8 heteroatoms. The Hall–Kier alpha value is -1.64. The lowest BCUT2D eigenvalue weighted by molar-refractivity contribution is 0.275. The van der Waals surface area contributed by atoms with Crippen LogP contribution in [0.15, 0.2) is 6.07 Å². The number of nitrogens with two attached hydrogens (primary N) is 1. The monoisotopic (exact) mass is 458 g/mol. The summed E-state index contributed by atoms with van der Waals surface area (Å²) in [5.74, 6) is 3.69. The number of hydrogen-bond acceptors (Lipinski definition) is 8. The van der Waals surface area contributed by atoms with E-state index in [1.807, 2.05) is 6.07 Å². The van der Waals surface area contributed by atoms with Gasteiger partial charge in [-0.2, -0.15) is 9.97 Å². The van der Waals surface area contributed by atoms with Gasteiger partial charge >= 0.3 is 0 Å². The van der Waals surface area contributed by atoms with Crippen molar-refractivity contribution in [2.45, 2.75) is 70.3 Å². The van der Waals surface area contributed by atoms with E-state index in [2.05, 4.69) is 31.2 Å². The first-order valence-corrected chi connectivity index (χ1v) is 13.5. The van der Waals surface area contributed by atoms with Crippen LogP contribution in [-0.4, -0.2) is 68.4 Å². The number of aromatic nitrogens is 2. The molecule has 1 aliphatic heterocycles. The lowest BCUT2D eigenvalue weighted by atomic mass is 9.82. The smallest absolute Gasteiger partial charge is 0.226 e. The van der Waals surface area contributed by atoms with E-state index in [0.29, 0.717) is 17.7 Å². The Morgan fingerprint density at radius 2 is 1.64 bits per heavy atom. The molecule has 0 atom stereocenters. The van der Waals surface area contributed by atoms with E-state index in [0.717, 1.165) is 57.0 Å². The van der Waals surface area contributed by atoms with Gasteiger partial charge in [-0.1, -0.05) is 19.3 Å². The van der Waals surface area contributed by atoms with Crippen LogP contribution in [0, 0.1) is 11.8 Å². The van der Waals surface area contributed by atoms with Crippen molar-refractivity contribution in [3.63, 3.8) is 0 Å². The number of nitrogens with one attached hydrogen (secondary N) is 4. The molecule has 2 saturated carbocycles. The van der Waals surface area contributed by atoms with Crippen molar-refractivity contribution in [2.75, 3.05) is 68.3 Å². The zero-order valence-corrected chi connectivity index (χ0v) is 20.5. The van der Waals surface area contributed by atoms with Crippen molar-refractivity contribution in [3.8, 4) is 0 Å². The van der Waals surface area contributed by atoms with Gasteiger partial charge in [0, 0.05) is 44.8 Å². The summed E-state index contributed by atoms with van der Waals surface area (Å²) < 4.78 is 0. The standard InChI is InChI=1S/C25H46N8/c26-23-17-24(33-15-13-27-14-16-33)32-25(31-23)30-19-21-9-7-20(8-10-21)18-28-11-4-12-29-22-5-2-1-3-6-22/h17,20-22,27-29H,1-16,18-19H2,(H3,26,30,31,32)/t20-,21-. The molecule has 33 heavy (non-hydrogen) atoms. The minimum absolute atomic E-state index is 0.546. The average Bonchev–Trinajstić information content (AvgIpc) is 2.86. The maximum atomic E-state index is 6.06. The van der Waals surface area contributed by atoms with E-state index in [1.54, 1.807) is 0 Å². The van der Waals surface area contributed by atoms with Gasteiger partial charge in [0.2, 0.25) is 5.95 Å². The van der Waals surface area contributed by atoms with E-state index in [9.17, 15) is 0 Å². The van der Waals surface area contributed by atoms with Gasteiger partial charge in [0.15, 0.2) is 0 Å². The Morgan fingerprint density at radius 1 is 0.909 bits per heavy atom. The maximum Gasteiger partial charge on any atom is 0.226 e. The molecule has 0 amide bonds. The predicted octanol–water partition coefficient (Wildman–Crippen LogP) is 2.59. The van der Waals surface area contributed by atoms with Crippen LogP contribution in [-0.2, 0) is 0 Å². The summed E-state index contributed by atoms with van der Waals surface area (Å²) in [6, 6.07) is 2.68. The van der Waals surface area contributed by atoms with Crippen molar-refractivity contribution in [2.24, 2.45) is 11.8 Å². The molecule has 4 rings (SSSR count). The predicted molar refractivity (Wildman–Crippen MR) is 138 cm³/mol. The van der Waals surface area contributed by atoms with E-state index < -0.39 is 0 Å². The molecule has 3 aliphatic rings. The first-order chi connectivity index (χ1) is 16.3. The Balaban J connectivity index is 1.07. The van der Waals surface area contributed by atoms with Crippen LogP contribution in [0.1, 0.15) is 64.2 Å². The quantitative estimate of drug-likeness (QED) is 0.323. The molecule has 1 aromatic rings. The molecule has 1 aromatic heterocycles. The molecule has 2 heterocycles. The Kier molecular flexibility index (Phi) is 9.87. The third-order valence-electron chi connectivity index (χ3n) is 7.69. The second kappa shape index (κ2) is 13.3. The van der Waals surface area contributed by atoms with Gasteiger partial charge in [0.05, 0.1) is 0 Å². The minimum Gasteiger partial charge on any atom is -0.383 e. The molecule has 8 nitrogen and oxygen atoms in total. The van der Waals surface area contributed by atoms with Gasteiger partial charge in [-0.25, -0.2) is 0 Å². The van der Waals surface area contributed by atoms with E-state index >= 15 is 0 Å². The minimum atomic E-state index is 0.546. The summed E-state index contributed by atoms with van der Waals surface area (Å²) in [5.41, 5.74) is 6.06. The second-order valence-electron chi connectivity index (χ2n) is 10.3. The fraction of sp³-hybridized carbons (Fsp3) is 0.840. The van der Waals surface area contributed by atoms with Crippen LogP contribution < -0.4 is 31.9 Å². The first kappa shape index (κ1) is 24.5. The highest BCUT2D eigenvalue weighted by molar-refractivity contribution is 5.51. The molecule has 0 spiro atoms. The number of piperazine rings is 1. The SMILES string of the molecule is Nc1cc(N2CCNCC2)nc(NC[C@H]2CC[C@H](CNCCCNC3CCCCC3)CC2)n1. The number of hydrogen-bond donors (Lipinski definition) is 5. The van der Waals surface area contributed by atoms with Crippen molar-refractivity contribution in [1.29, 1.82) is 0 Å². The van der Waals surface area contributed by atoms with E-state index in [-0.39, 0.29) is 0 Å². The summed E-state index contributed by atoms with van der Waals surface area (Å²) in [4.78, 5) is 11.4. The number of nitrogen functional groups attached to an aromatic ring is 1. The van der Waals surface area contributed by atoms with Gasteiger partial charge < -0.3 is 31.9 Å². The largest absolute Gasteiger partial charge is 0.383 e. The Morgan fingerprint density at radius 3 is 2.39 bits per heavy atom. The summed E-state index contributed by atoms with van der Waals surface area (Å²) in [6.07, 6.45) is 13.5. The molecule has 0 aromatic carbocycles. The third-order valence-corrected chi connectivity index (χ3v) is 7.69. The zero-order valence-electron chi connectivity index (χ0n) is 20.5. The maximum absolute atomic E-state index is 6.06. The number of rotatable bonds is 11. The highest BCUT2D eigenvalue weighted by Gasteiger charge is 2.21. The van der Waals surface area contributed by atoms with Gasteiger partial charge in [0.1, 0.15) is 11.6 Å². The van der Waals surface area contributed by atoms with Crippen LogP contribution in [0.3, 0.4) is 0 Å². The molecule has 0 bridgehead atoms. The Labute approximate surface area is 200 Å². The van der Waals surface area contributed by atoms with Gasteiger partial charge in [-0.3, -0.25) is 0 Å². The van der Waals surface area contributed by atoms with Crippen molar-refractivity contribution in [3.05, 3.63) is 6.07 Å². The molecule has 3 fully saturated rings. The molecule has 0 radical (unpaired) electrons. The summed E-state index contributed by atoms with van der Waals surface area (Å²) in [6.45, 7) is 8.33. The van der Waals surface area contributed by atoms with Gasteiger partial charge in [-0.15, -0.1) is 0 Å². The highest BCUT2D eigenvalue weighted by atomic mass is 15.3. The van der Waals surface area contributed by atoms with Crippen LogP contribution >= 0.6 is 0 Å². The van der Waals surface area contributed by atoms with Crippen LogP contribution in [0.5, 0.6) is 0 Å². The molecular formula is C25H46N8.